The van der Waals surface area contributed by atoms with Gasteiger partial charge < -0.3 is 9.84 Å². The van der Waals surface area contributed by atoms with Gasteiger partial charge in [-0.15, -0.1) is 0 Å². The van der Waals surface area contributed by atoms with Crippen LogP contribution in [0.5, 0.6) is 5.75 Å². The minimum Gasteiger partial charge on any atom is -0.490 e. The number of hydrogen-bond acceptors (Lipinski definition) is 4. The maximum absolute atomic E-state index is 11.0. The van der Waals surface area contributed by atoms with Crippen molar-refractivity contribution in [1.82, 2.24) is 0 Å². The lowest BCUT2D eigenvalue weighted by molar-refractivity contribution is -0.383. The second kappa shape index (κ2) is 4.85. The van der Waals surface area contributed by atoms with Crippen LogP contribution in [0.2, 0.25) is 0 Å². The van der Waals surface area contributed by atoms with Crippen LogP contribution in [0.15, 0.2) is 36.4 Å². The molecule has 0 aromatic heterocycles. The molecule has 0 radical (unpaired) electrons. The van der Waals surface area contributed by atoms with Gasteiger partial charge in [-0.25, -0.2) is 0 Å². The highest BCUT2D eigenvalue weighted by Crippen LogP contribution is 2.33. The Bertz CT molecular complexity index is 616. The Kier molecular flexibility index (Phi) is 3.40. The molecule has 0 amide bonds. The van der Waals surface area contributed by atoms with Crippen molar-refractivity contribution in [1.29, 1.82) is 0 Å². The second-order valence-electron chi connectivity index (χ2n) is 4.99. The zero-order chi connectivity index (χ0) is 14.0. The number of fused-ring (bicyclic) bond motifs is 1. The standard InChI is InChI=1S/C14H15NO4/c1-14(2,16)9-19-13-8-7-12(15(17)18)10-5-3-4-6-11(10)13/h3-8,16H,9H2,1-2H3. The highest BCUT2D eigenvalue weighted by molar-refractivity contribution is 5.95. The number of nitrogens with zero attached hydrogens (tertiary/aromatic N) is 1. The van der Waals surface area contributed by atoms with E-state index in [1.54, 1.807) is 44.2 Å². The Labute approximate surface area is 110 Å². The first-order chi connectivity index (χ1) is 8.88. The predicted molar refractivity (Wildman–Crippen MR) is 72.4 cm³/mol. The summed E-state index contributed by atoms with van der Waals surface area (Å²) in [4.78, 5) is 10.6. The van der Waals surface area contributed by atoms with Crippen molar-refractivity contribution in [2.75, 3.05) is 6.61 Å². The quantitative estimate of drug-likeness (QED) is 0.678. The van der Waals surface area contributed by atoms with Crippen LogP contribution in [0.3, 0.4) is 0 Å². The molecule has 0 unspecified atom stereocenters. The maximum Gasteiger partial charge on any atom is 0.277 e. The van der Waals surface area contributed by atoms with Gasteiger partial charge in [0, 0.05) is 11.5 Å². The van der Waals surface area contributed by atoms with Crippen molar-refractivity contribution in [2.24, 2.45) is 0 Å². The first-order valence-electron chi connectivity index (χ1n) is 5.90. The Morgan fingerprint density at radius 2 is 1.84 bits per heavy atom. The molecule has 19 heavy (non-hydrogen) atoms. The lowest BCUT2D eigenvalue weighted by atomic mass is 10.1. The molecule has 0 heterocycles. The van der Waals surface area contributed by atoms with Gasteiger partial charge in [-0.2, -0.15) is 0 Å². The number of hydrogen-bond donors (Lipinski definition) is 1. The number of non-ortho nitro benzene ring substituents is 1. The molecule has 0 aliphatic carbocycles. The van der Waals surface area contributed by atoms with Crippen LogP contribution in [0.25, 0.3) is 10.8 Å². The number of ether oxygens (including phenoxy) is 1. The Balaban J connectivity index is 2.47. The van der Waals surface area contributed by atoms with Crippen LogP contribution in [-0.2, 0) is 0 Å². The lowest BCUT2D eigenvalue weighted by Gasteiger charge is -2.18. The fourth-order valence-corrected chi connectivity index (χ4v) is 1.79. The van der Waals surface area contributed by atoms with Crippen LogP contribution < -0.4 is 4.74 Å². The van der Waals surface area contributed by atoms with E-state index in [0.717, 1.165) is 0 Å². The lowest BCUT2D eigenvalue weighted by Crippen LogP contribution is -2.27. The minimum absolute atomic E-state index is 0.0474. The van der Waals surface area contributed by atoms with Crippen LogP contribution >= 0.6 is 0 Å². The summed E-state index contributed by atoms with van der Waals surface area (Å²) in [5, 5.41) is 21.8. The highest BCUT2D eigenvalue weighted by Gasteiger charge is 2.17. The average Bonchev–Trinajstić information content (AvgIpc) is 2.34. The minimum atomic E-state index is -0.955. The Morgan fingerprint density at radius 1 is 1.21 bits per heavy atom. The summed E-state index contributed by atoms with van der Waals surface area (Å²) in [6.07, 6.45) is 0. The fourth-order valence-electron chi connectivity index (χ4n) is 1.79. The fraction of sp³-hybridized carbons (Fsp3) is 0.286. The Hall–Kier alpha value is -2.14. The van der Waals surface area contributed by atoms with Gasteiger partial charge in [-0.05, 0) is 26.0 Å². The molecular weight excluding hydrogens is 246 g/mol. The molecule has 5 heteroatoms. The topological polar surface area (TPSA) is 72.6 Å². The summed E-state index contributed by atoms with van der Waals surface area (Å²) in [7, 11) is 0. The van der Waals surface area contributed by atoms with Crippen LogP contribution in [0.1, 0.15) is 13.8 Å². The van der Waals surface area contributed by atoms with Gasteiger partial charge in [0.2, 0.25) is 0 Å². The third kappa shape index (κ3) is 3.00. The molecule has 2 rings (SSSR count). The molecule has 2 aromatic carbocycles. The molecule has 0 fully saturated rings. The van der Waals surface area contributed by atoms with Crippen molar-refractivity contribution < 1.29 is 14.8 Å². The van der Waals surface area contributed by atoms with E-state index >= 15 is 0 Å². The molecule has 0 saturated carbocycles. The van der Waals surface area contributed by atoms with E-state index in [-0.39, 0.29) is 12.3 Å². The van der Waals surface area contributed by atoms with Gasteiger partial charge in [0.25, 0.3) is 5.69 Å². The molecule has 0 aliphatic heterocycles. The molecular formula is C14H15NO4. The molecule has 0 saturated heterocycles. The normalized spacial score (nSPS) is 11.5. The second-order valence-corrected chi connectivity index (χ2v) is 4.99. The Morgan fingerprint density at radius 3 is 2.42 bits per heavy atom. The van der Waals surface area contributed by atoms with Crippen molar-refractivity contribution in [3.63, 3.8) is 0 Å². The highest BCUT2D eigenvalue weighted by atomic mass is 16.6. The molecule has 0 atom stereocenters. The number of nitro groups is 1. The van der Waals surface area contributed by atoms with Gasteiger partial charge in [0.15, 0.2) is 0 Å². The van der Waals surface area contributed by atoms with Crippen LogP contribution in [0, 0.1) is 10.1 Å². The smallest absolute Gasteiger partial charge is 0.277 e. The average molecular weight is 261 g/mol. The molecule has 0 spiro atoms. The van der Waals surface area contributed by atoms with E-state index in [4.69, 9.17) is 4.74 Å². The van der Waals surface area contributed by atoms with E-state index in [1.807, 2.05) is 0 Å². The van der Waals surface area contributed by atoms with Crippen molar-refractivity contribution in [3.8, 4) is 5.75 Å². The van der Waals surface area contributed by atoms with E-state index in [2.05, 4.69) is 0 Å². The number of nitro benzene ring substituents is 1. The number of aliphatic hydroxyl groups is 1. The maximum atomic E-state index is 11.0. The van der Waals surface area contributed by atoms with Gasteiger partial charge in [0.05, 0.1) is 15.9 Å². The summed E-state index contributed by atoms with van der Waals surface area (Å²) in [5.41, 5.74) is -0.908. The zero-order valence-electron chi connectivity index (χ0n) is 10.8. The number of rotatable bonds is 4. The molecule has 1 N–H and O–H groups in total. The molecule has 100 valence electrons. The zero-order valence-corrected chi connectivity index (χ0v) is 10.8. The first-order valence-corrected chi connectivity index (χ1v) is 5.90. The van der Waals surface area contributed by atoms with Gasteiger partial charge in [-0.3, -0.25) is 10.1 Å². The van der Waals surface area contributed by atoms with Crippen molar-refractivity contribution in [3.05, 3.63) is 46.5 Å². The largest absolute Gasteiger partial charge is 0.490 e. The van der Waals surface area contributed by atoms with E-state index in [1.165, 1.54) is 6.07 Å². The molecule has 5 nitrogen and oxygen atoms in total. The van der Waals surface area contributed by atoms with Gasteiger partial charge in [0.1, 0.15) is 12.4 Å². The van der Waals surface area contributed by atoms with Crippen molar-refractivity contribution >= 4 is 16.5 Å². The van der Waals surface area contributed by atoms with E-state index in [9.17, 15) is 15.2 Å². The number of benzene rings is 2. The molecule has 0 aliphatic rings. The van der Waals surface area contributed by atoms with Crippen LogP contribution in [-0.4, -0.2) is 22.2 Å². The summed E-state index contributed by atoms with van der Waals surface area (Å²) >= 11 is 0. The summed E-state index contributed by atoms with van der Waals surface area (Å²) in [6, 6.07) is 9.97. The first kappa shape index (κ1) is 13.3. The summed E-state index contributed by atoms with van der Waals surface area (Å²) < 4.78 is 5.55. The predicted octanol–water partition coefficient (Wildman–Crippen LogP) is 2.90. The van der Waals surface area contributed by atoms with E-state index < -0.39 is 10.5 Å². The molecule has 0 bridgehead atoms. The van der Waals surface area contributed by atoms with Crippen molar-refractivity contribution in [2.45, 2.75) is 19.4 Å². The third-order valence-corrected chi connectivity index (χ3v) is 2.64. The summed E-state index contributed by atoms with van der Waals surface area (Å²) in [6.45, 7) is 3.40. The van der Waals surface area contributed by atoms with Crippen LogP contribution in [0.4, 0.5) is 5.69 Å². The van der Waals surface area contributed by atoms with E-state index in [0.29, 0.717) is 16.5 Å². The molecule has 2 aromatic rings. The monoisotopic (exact) mass is 261 g/mol. The van der Waals surface area contributed by atoms with Gasteiger partial charge in [-0.1, -0.05) is 18.2 Å². The summed E-state index contributed by atoms with van der Waals surface area (Å²) in [5.74, 6) is 0.531. The van der Waals surface area contributed by atoms with Gasteiger partial charge >= 0.3 is 0 Å². The SMILES string of the molecule is CC(C)(O)COc1ccc([N+](=O)[O-])c2ccccc12. The third-order valence-electron chi connectivity index (χ3n) is 2.64.